The number of aliphatic hydroxyl groups excluding tert-OH is 1. The number of aromatic nitrogens is 1. The summed E-state index contributed by atoms with van der Waals surface area (Å²) in [7, 11) is 4.64. The summed E-state index contributed by atoms with van der Waals surface area (Å²) < 4.78 is 23.4. The van der Waals surface area contributed by atoms with E-state index in [0.29, 0.717) is 45.0 Å². The Balaban J connectivity index is 2.38. The Labute approximate surface area is 145 Å². The van der Waals surface area contributed by atoms with Crippen molar-refractivity contribution in [2.45, 2.75) is 19.4 Å². The van der Waals surface area contributed by atoms with Gasteiger partial charge in [0.25, 0.3) is 5.56 Å². The van der Waals surface area contributed by atoms with Crippen molar-refractivity contribution in [1.29, 1.82) is 0 Å². The number of hydrogen-bond acceptors (Lipinski definition) is 6. The lowest BCUT2D eigenvalue weighted by Crippen LogP contribution is -2.26. The molecule has 1 aliphatic rings. The smallest absolute Gasteiger partial charge is 0.257 e. The van der Waals surface area contributed by atoms with Crippen LogP contribution >= 0.6 is 0 Å². The van der Waals surface area contributed by atoms with Crippen LogP contribution in [0.2, 0.25) is 0 Å². The van der Waals surface area contributed by atoms with Gasteiger partial charge in [0.1, 0.15) is 11.3 Å². The molecule has 1 atom stereocenters. The first kappa shape index (κ1) is 17.2. The van der Waals surface area contributed by atoms with Crippen LogP contribution in [-0.2, 0) is 13.5 Å². The van der Waals surface area contributed by atoms with Crippen molar-refractivity contribution in [3.05, 3.63) is 34.1 Å². The molecule has 0 bridgehead atoms. The second-order valence-electron chi connectivity index (χ2n) is 5.98. The molecule has 134 valence electrons. The van der Waals surface area contributed by atoms with Crippen LogP contribution < -0.4 is 24.5 Å². The first-order valence-corrected chi connectivity index (χ1v) is 7.80. The van der Waals surface area contributed by atoms with E-state index in [1.165, 1.54) is 18.8 Å². The number of pyridine rings is 1. The Morgan fingerprint density at radius 2 is 2.04 bits per heavy atom. The zero-order valence-electron chi connectivity index (χ0n) is 14.7. The summed E-state index contributed by atoms with van der Waals surface area (Å²) in [5, 5.41) is 10.8. The van der Waals surface area contributed by atoms with Crippen molar-refractivity contribution in [2.75, 3.05) is 21.0 Å². The molecule has 0 saturated heterocycles. The number of rotatable bonds is 5. The van der Waals surface area contributed by atoms with E-state index in [9.17, 15) is 9.90 Å². The zero-order valence-corrected chi connectivity index (χ0v) is 14.7. The van der Waals surface area contributed by atoms with E-state index < -0.39 is 6.10 Å². The Bertz CT molecular complexity index is 914. The van der Waals surface area contributed by atoms with Gasteiger partial charge in [0.2, 0.25) is 12.5 Å². The van der Waals surface area contributed by atoms with Crippen molar-refractivity contribution < 1.29 is 24.1 Å². The minimum absolute atomic E-state index is 0.0828. The van der Waals surface area contributed by atoms with E-state index in [-0.39, 0.29) is 18.8 Å². The highest BCUT2D eigenvalue weighted by Crippen LogP contribution is 2.48. The summed E-state index contributed by atoms with van der Waals surface area (Å²) >= 11 is 0. The van der Waals surface area contributed by atoms with Crippen LogP contribution in [0.3, 0.4) is 0 Å². The Kier molecular flexibility index (Phi) is 4.34. The Morgan fingerprint density at radius 3 is 2.64 bits per heavy atom. The zero-order chi connectivity index (χ0) is 18.3. The summed E-state index contributed by atoms with van der Waals surface area (Å²) in [4.78, 5) is 12.9. The Morgan fingerprint density at radius 1 is 1.36 bits per heavy atom. The maximum absolute atomic E-state index is 12.9. The highest BCUT2D eigenvalue weighted by atomic mass is 16.7. The van der Waals surface area contributed by atoms with Crippen LogP contribution in [-0.4, -0.2) is 36.8 Å². The Hall–Kier alpha value is -2.67. The third-order valence-electron chi connectivity index (χ3n) is 4.38. The quantitative estimate of drug-likeness (QED) is 0.831. The van der Waals surface area contributed by atoms with Gasteiger partial charge in [-0.25, -0.2) is 0 Å². The van der Waals surface area contributed by atoms with Crippen molar-refractivity contribution >= 4 is 10.9 Å². The van der Waals surface area contributed by atoms with Gasteiger partial charge in [-0.15, -0.1) is 0 Å². The number of aliphatic hydroxyl groups is 1. The normalized spacial score (nSPS) is 13.8. The van der Waals surface area contributed by atoms with Crippen LogP contribution in [0.4, 0.5) is 0 Å². The fourth-order valence-electron chi connectivity index (χ4n) is 3.04. The summed E-state index contributed by atoms with van der Waals surface area (Å²) in [6, 6.07) is 1.76. The van der Waals surface area contributed by atoms with Crippen molar-refractivity contribution in [2.24, 2.45) is 7.05 Å². The van der Waals surface area contributed by atoms with Gasteiger partial charge in [-0.05, 0) is 13.0 Å². The molecule has 0 aliphatic carbocycles. The highest BCUT2D eigenvalue weighted by Gasteiger charge is 2.28. The third-order valence-corrected chi connectivity index (χ3v) is 4.38. The predicted octanol–water partition coefficient (Wildman–Crippen LogP) is 1.76. The van der Waals surface area contributed by atoms with Crippen LogP contribution in [0.5, 0.6) is 23.0 Å². The second-order valence-corrected chi connectivity index (χ2v) is 5.98. The minimum Gasteiger partial charge on any atom is -0.496 e. The average molecular weight is 347 g/mol. The van der Waals surface area contributed by atoms with E-state index in [0.717, 1.165) is 0 Å². The first-order valence-electron chi connectivity index (χ1n) is 7.80. The van der Waals surface area contributed by atoms with Crippen molar-refractivity contribution in [1.82, 2.24) is 4.57 Å². The summed E-state index contributed by atoms with van der Waals surface area (Å²) in [6.07, 6.45) is -0.729. The molecule has 3 rings (SSSR count). The standard InChI is InChI=1S/C18H21NO6/c1-9(2)12(20)6-11-15(22-4)10-7-13-16(25-8-24-13)17(23-5)14(10)19(3)18(11)21/h7,12,20H,1,6,8H2,2-5H3. The fraction of sp³-hybridized carbons (Fsp3) is 0.389. The van der Waals surface area contributed by atoms with E-state index in [2.05, 4.69) is 6.58 Å². The minimum atomic E-state index is -0.838. The summed E-state index contributed by atoms with van der Waals surface area (Å²) in [5.74, 6) is 1.78. The molecule has 0 saturated carbocycles. The lowest BCUT2D eigenvalue weighted by atomic mass is 10.0. The monoisotopic (exact) mass is 347 g/mol. The topological polar surface area (TPSA) is 79.2 Å². The molecule has 1 N–H and O–H groups in total. The lowest BCUT2D eigenvalue weighted by molar-refractivity contribution is 0.171. The largest absolute Gasteiger partial charge is 0.496 e. The number of methoxy groups -OCH3 is 2. The molecule has 7 heteroatoms. The lowest BCUT2D eigenvalue weighted by Gasteiger charge is -2.19. The fourth-order valence-corrected chi connectivity index (χ4v) is 3.04. The molecule has 0 amide bonds. The number of fused-ring (bicyclic) bond motifs is 2. The van der Waals surface area contributed by atoms with Gasteiger partial charge in [0, 0.05) is 18.9 Å². The molecule has 0 fully saturated rings. The number of ether oxygens (including phenoxy) is 4. The molecule has 25 heavy (non-hydrogen) atoms. The van der Waals surface area contributed by atoms with E-state index in [4.69, 9.17) is 18.9 Å². The van der Waals surface area contributed by atoms with Gasteiger partial charge in [-0.1, -0.05) is 12.2 Å². The molecule has 1 aromatic heterocycles. The van der Waals surface area contributed by atoms with E-state index >= 15 is 0 Å². The molecule has 1 unspecified atom stereocenters. The molecular weight excluding hydrogens is 326 g/mol. The molecule has 2 heterocycles. The molecule has 0 spiro atoms. The number of benzene rings is 1. The summed E-state index contributed by atoms with van der Waals surface area (Å²) in [5.41, 5.74) is 1.21. The maximum atomic E-state index is 12.9. The average Bonchev–Trinajstić information content (AvgIpc) is 3.05. The van der Waals surface area contributed by atoms with Gasteiger partial charge in [0.15, 0.2) is 11.5 Å². The van der Waals surface area contributed by atoms with Crippen LogP contribution in [0.15, 0.2) is 23.0 Å². The SMILES string of the molecule is C=C(C)C(O)Cc1c(OC)c2cc3c(c(OC)c2n(C)c1=O)OCO3. The predicted molar refractivity (Wildman–Crippen MR) is 92.9 cm³/mol. The van der Waals surface area contributed by atoms with Gasteiger partial charge >= 0.3 is 0 Å². The molecule has 0 radical (unpaired) electrons. The maximum Gasteiger partial charge on any atom is 0.257 e. The molecular formula is C18H21NO6. The van der Waals surface area contributed by atoms with Crippen LogP contribution in [0.1, 0.15) is 12.5 Å². The molecule has 7 nitrogen and oxygen atoms in total. The van der Waals surface area contributed by atoms with Gasteiger partial charge < -0.3 is 28.6 Å². The van der Waals surface area contributed by atoms with Crippen molar-refractivity contribution in [3.8, 4) is 23.0 Å². The van der Waals surface area contributed by atoms with Crippen molar-refractivity contribution in [3.63, 3.8) is 0 Å². The summed E-state index contributed by atoms with van der Waals surface area (Å²) in [6.45, 7) is 5.53. The second kappa shape index (κ2) is 6.33. The molecule has 1 aromatic carbocycles. The van der Waals surface area contributed by atoms with Crippen LogP contribution in [0.25, 0.3) is 10.9 Å². The van der Waals surface area contributed by atoms with Crippen LogP contribution in [0, 0.1) is 0 Å². The highest BCUT2D eigenvalue weighted by molar-refractivity contribution is 5.95. The molecule has 1 aliphatic heterocycles. The van der Waals surface area contributed by atoms with E-state index in [1.54, 1.807) is 20.0 Å². The van der Waals surface area contributed by atoms with Gasteiger partial charge in [-0.3, -0.25) is 4.79 Å². The van der Waals surface area contributed by atoms with Gasteiger partial charge in [-0.2, -0.15) is 0 Å². The first-order chi connectivity index (χ1) is 11.9. The number of nitrogens with zero attached hydrogens (tertiary/aromatic N) is 1. The van der Waals surface area contributed by atoms with E-state index in [1.807, 2.05) is 0 Å². The molecule has 2 aromatic rings. The number of hydrogen-bond donors (Lipinski definition) is 1. The third kappa shape index (κ3) is 2.60. The van der Waals surface area contributed by atoms with Gasteiger partial charge in [0.05, 0.1) is 25.9 Å². The number of aryl methyl sites for hydroxylation is 1.